The molecular formula is C12H11NO. The van der Waals surface area contributed by atoms with Gasteiger partial charge in [0, 0.05) is 23.9 Å². The molecule has 1 aromatic heterocycles. The molecule has 1 aliphatic heterocycles. The van der Waals surface area contributed by atoms with E-state index in [4.69, 9.17) is 0 Å². The van der Waals surface area contributed by atoms with Gasteiger partial charge in [0.1, 0.15) is 0 Å². The Labute approximate surface area is 82.1 Å². The molecule has 0 saturated heterocycles. The number of fused-ring (bicyclic) bond motifs is 3. The summed E-state index contributed by atoms with van der Waals surface area (Å²) >= 11 is 0. The Morgan fingerprint density at radius 2 is 2.14 bits per heavy atom. The average molecular weight is 185 g/mol. The van der Waals surface area contributed by atoms with Gasteiger partial charge in [0.2, 0.25) is 0 Å². The van der Waals surface area contributed by atoms with Crippen LogP contribution in [-0.2, 0) is 6.54 Å². The molecule has 2 heterocycles. The number of hydrogen-bond acceptors (Lipinski definition) is 1. The number of benzene rings is 1. The van der Waals surface area contributed by atoms with Crippen molar-refractivity contribution in [2.45, 2.75) is 19.9 Å². The lowest BCUT2D eigenvalue weighted by Crippen LogP contribution is -1.92. The number of carbonyl (C=O) groups is 1. The Balaban J connectivity index is 2.41. The maximum atomic E-state index is 11.5. The highest BCUT2D eigenvalue weighted by Gasteiger charge is 2.21. The molecule has 2 nitrogen and oxygen atoms in total. The second-order valence-electron chi connectivity index (χ2n) is 3.92. The lowest BCUT2D eigenvalue weighted by atomic mass is 10.1. The summed E-state index contributed by atoms with van der Waals surface area (Å²) in [7, 11) is 0. The van der Waals surface area contributed by atoms with Crippen LogP contribution < -0.4 is 0 Å². The third-order valence-corrected chi connectivity index (χ3v) is 2.91. The minimum Gasteiger partial charge on any atom is -0.338 e. The summed E-state index contributed by atoms with van der Waals surface area (Å²) in [6.07, 6.45) is 0.666. The molecule has 70 valence electrons. The van der Waals surface area contributed by atoms with E-state index in [1.807, 2.05) is 6.07 Å². The summed E-state index contributed by atoms with van der Waals surface area (Å²) in [6, 6.07) is 8.33. The highest BCUT2D eigenvalue weighted by atomic mass is 16.1. The molecule has 0 aliphatic carbocycles. The van der Waals surface area contributed by atoms with Gasteiger partial charge in [-0.1, -0.05) is 12.1 Å². The van der Waals surface area contributed by atoms with Gasteiger partial charge < -0.3 is 4.57 Å². The molecule has 0 fully saturated rings. The molecule has 0 saturated carbocycles. The smallest absolute Gasteiger partial charge is 0.181 e. The van der Waals surface area contributed by atoms with Gasteiger partial charge in [-0.3, -0.25) is 4.79 Å². The van der Waals surface area contributed by atoms with Crippen LogP contribution in [0.1, 0.15) is 22.5 Å². The number of carbonyl (C=O) groups excluding carboxylic acids is 1. The molecular weight excluding hydrogens is 174 g/mol. The highest BCUT2D eigenvalue weighted by Crippen LogP contribution is 2.26. The van der Waals surface area contributed by atoms with E-state index >= 15 is 0 Å². The first-order chi connectivity index (χ1) is 6.75. The molecule has 0 radical (unpaired) electrons. The van der Waals surface area contributed by atoms with Crippen molar-refractivity contribution in [2.24, 2.45) is 0 Å². The van der Waals surface area contributed by atoms with Crippen LogP contribution in [0.5, 0.6) is 0 Å². The molecule has 0 spiro atoms. The Hall–Kier alpha value is -1.57. The van der Waals surface area contributed by atoms with Crippen LogP contribution in [0, 0.1) is 6.92 Å². The van der Waals surface area contributed by atoms with Gasteiger partial charge in [0.15, 0.2) is 5.78 Å². The molecule has 2 heteroatoms. The van der Waals surface area contributed by atoms with Crippen LogP contribution in [-0.4, -0.2) is 10.4 Å². The fourth-order valence-electron chi connectivity index (χ4n) is 2.18. The molecule has 0 amide bonds. The van der Waals surface area contributed by atoms with E-state index in [2.05, 4.69) is 29.7 Å². The zero-order valence-electron chi connectivity index (χ0n) is 8.08. The Morgan fingerprint density at radius 3 is 3.00 bits per heavy atom. The van der Waals surface area contributed by atoms with Crippen molar-refractivity contribution in [2.75, 3.05) is 0 Å². The van der Waals surface area contributed by atoms with Gasteiger partial charge in [-0.2, -0.15) is 0 Å². The molecule has 0 unspecified atom stereocenters. The first-order valence-corrected chi connectivity index (χ1v) is 4.89. The summed E-state index contributed by atoms with van der Waals surface area (Å²) in [5, 5.41) is 1.18. The van der Waals surface area contributed by atoms with Crippen molar-refractivity contribution < 1.29 is 4.79 Å². The number of Topliss-reactive ketones (excluding diaryl/α,β-unsaturated/α-hetero) is 1. The van der Waals surface area contributed by atoms with Gasteiger partial charge >= 0.3 is 0 Å². The number of rotatable bonds is 0. The van der Waals surface area contributed by atoms with E-state index in [0.29, 0.717) is 6.42 Å². The van der Waals surface area contributed by atoms with Gasteiger partial charge in [-0.15, -0.1) is 0 Å². The van der Waals surface area contributed by atoms with E-state index in [9.17, 15) is 4.79 Å². The normalized spacial score (nSPS) is 15.1. The van der Waals surface area contributed by atoms with Crippen molar-refractivity contribution >= 4 is 16.7 Å². The van der Waals surface area contributed by atoms with Crippen LogP contribution in [0.4, 0.5) is 0 Å². The molecule has 14 heavy (non-hydrogen) atoms. The molecule has 2 aromatic rings. The second kappa shape index (κ2) is 2.47. The topological polar surface area (TPSA) is 22.0 Å². The predicted molar refractivity (Wildman–Crippen MR) is 55.6 cm³/mol. The van der Waals surface area contributed by atoms with Crippen LogP contribution >= 0.6 is 0 Å². The number of nitrogens with zero attached hydrogens (tertiary/aromatic N) is 1. The first-order valence-electron chi connectivity index (χ1n) is 4.89. The maximum Gasteiger partial charge on any atom is 0.181 e. The second-order valence-corrected chi connectivity index (χ2v) is 3.92. The van der Waals surface area contributed by atoms with Crippen LogP contribution in [0.15, 0.2) is 24.3 Å². The molecule has 0 N–H and O–H groups in total. The summed E-state index contributed by atoms with van der Waals surface area (Å²) in [5.74, 6) is 0.277. The molecule has 0 atom stereocenters. The van der Waals surface area contributed by atoms with E-state index in [-0.39, 0.29) is 5.78 Å². The van der Waals surface area contributed by atoms with Gasteiger partial charge in [0.05, 0.1) is 5.69 Å². The van der Waals surface area contributed by atoms with Crippen LogP contribution in [0.3, 0.4) is 0 Å². The Kier molecular flexibility index (Phi) is 1.38. The fraction of sp³-hybridized carbons (Fsp3) is 0.250. The SMILES string of the molecule is Cc1ccc2cc3n(c2c1)CCC3=O. The maximum absolute atomic E-state index is 11.5. The van der Waals surface area contributed by atoms with Crippen LogP contribution in [0.25, 0.3) is 10.9 Å². The van der Waals surface area contributed by atoms with E-state index in [1.165, 1.54) is 16.5 Å². The largest absolute Gasteiger partial charge is 0.338 e. The van der Waals surface area contributed by atoms with Crippen molar-refractivity contribution in [3.63, 3.8) is 0 Å². The zero-order chi connectivity index (χ0) is 9.71. The zero-order valence-corrected chi connectivity index (χ0v) is 8.08. The number of hydrogen-bond donors (Lipinski definition) is 0. The molecule has 3 rings (SSSR count). The molecule has 0 bridgehead atoms. The lowest BCUT2D eigenvalue weighted by Gasteiger charge is -1.99. The lowest BCUT2D eigenvalue weighted by molar-refractivity contribution is 0.0994. The number of aryl methyl sites for hydroxylation is 2. The Morgan fingerprint density at radius 1 is 1.29 bits per heavy atom. The monoisotopic (exact) mass is 185 g/mol. The van der Waals surface area contributed by atoms with E-state index < -0.39 is 0 Å². The van der Waals surface area contributed by atoms with Crippen molar-refractivity contribution in [1.82, 2.24) is 4.57 Å². The van der Waals surface area contributed by atoms with Gasteiger partial charge in [-0.25, -0.2) is 0 Å². The number of aromatic nitrogens is 1. The minimum atomic E-state index is 0.277. The van der Waals surface area contributed by atoms with Crippen molar-refractivity contribution in [3.8, 4) is 0 Å². The molecule has 1 aromatic carbocycles. The number of ketones is 1. The summed E-state index contributed by atoms with van der Waals surface area (Å²) in [4.78, 5) is 11.5. The minimum absolute atomic E-state index is 0.277. The van der Waals surface area contributed by atoms with Gasteiger partial charge in [-0.05, 0) is 24.6 Å². The van der Waals surface area contributed by atoms with E-state index in [1.54, 1.807) is 0 Å². The quantitative estimate of drug-likeness (QED) is 0.618. The van der Waals surface area contributed by atoms with E-state index in [0.717, 1.165) is 12.2 Å². The Bertz CT molecular complexity index is 536. The standard InChI is InChI=1S/C12H11NO/c1-8-2-3-9-7-11-12(14)4-5-13(11)10(9)6-8/h2-3,6-7H,4-5H2,1H3. The summed E-state index contributed by atoms with van der Waals surface area (Å²) in [6.45, 7) is 2.93. The van der Waals surface area contributed by atoms with Crippen LogP contribution in [0.2, 0.25) is 0 Å². The predicted octanol–water partition coefficient (Wildman–Crippen LogP) is 2.54. The first kappa shape index (κ1) is 7.80. The van der Waals surface area contributed by atoms with Gasteiger partial charge in [0.25, 0.3) is 0 Å². The van der Waals surface area contributed by atoms with Crippen molar-refractivity contribution in [1.29, 1.82) is 0 Å². The third-order valence-electron chi connectivity index (χ3n) is 2.91. The summed E-state index contributed by atoms with van der Waals surface area (Å²) in [5.41, 5.74) is 3.33. The summed E-state index contributed by atoms with van der Waals surface area (Å²) < 4.78 is 2.13. The fourth-order valence-corrected chi connectivity index (χ4v) is 2.18. The molecule has 1 aliphatic rings. The average Bonchev–Trinajstić information content (AvgIpc) is 2.67. The third kappa shape index (κ3) is 0.882. The van der Waals surface area contributed by atoms with Crippen molar-refractivity contribution in [3.05, 3.63) is 35.5 Å². The highest BCUT2D eigenvalue weighted by molar-refractivity contribution is 6.02.